The molecular formula is C8H11BO3. The molecule has 0 spiro atoms. The summed E-state index contributed by atoms with van der Waals surface area (Å²) in [5.74, 6) is 0. The highest BCUT2D eigenvalue weighted by Crippen LogP contribution is 1.94. The summed E-state index contributed by atoms with van der Waals surface area (Å²) in [6, 6.07) is 7.38. The maximum atomic E-state index is 9.26. The summed E-state index contributed by atoms with van der Waals surface area (Å²) < 4.78 is 0. The van der Waals surface area contributed by atoms with Gasteiger partial charge in [0.1, 0.15) is 0 Å². The van der Waals surface area contributed by atoms with Crippen LogP contribution < -0.4 is 5.46 Å². The molecule has 0 saturated heterocycles. The van der Waals surface area contributed by atoms with Crippen molar-refractivity contribution in [3.8, 4) is 0 Å². The topological polar surface area (TPSA) is 38.7 Å². The highest BCUT2D eigenvalue weighted by Gasteiger charge is 2.16. The quantitative estimate of drug-likeness (QED) is 0.397. The van der Waals surface area contributed by atoms with Gasteiger partial charge in [-0.3, -0.25) is 9.69 Å². The van der Waals surface area contributed by atoms with Crippen LogP contribution in [0.4, 0.5) is 0 Å². The number of hydrogen-bond donors (Lipinski definition) is 1. The molecule has 0 saturated carbocycles. The Bertz CT molecular complexity index is 235. The van der Waals surface area contributed by atoms with Gasteiger partial charge in [0.05, 0.1) is 7.11 Å². The molecule has 0 aliphatic rings. The maximum Gasteiger partial charge on any atom is 0.522 e. The van der Waals surface area contributed by atoms with E-state index in [0.717, 1.165) is 5.56 Å². The van der Waals surface area contributed by atoms with Crippen molar-refractivity contribution >= 4 is 12.6 Å². The van der Waals surface area contributed by atoms with Crippen LogP contribution in [0.5, 0.6) is 0 Å². The Labute approximate surface area is 72.0 Å². The molecule has 0 bridgehead atoms. The molecule has 0 atom stereocenters. The van der Waals surface area contributed by atoms with Crippen LogP contribution in [0.1, 0.15) is 5.56 Å². The number of benzene rings is 1. The van der Waals surface area contributed by atoms with Crippen molar-refractivity contribution in [2.24, 2.45) is 0 Å². The maximum absolute atomic E-state index is 9.26. The molecule has 12 heavy (non-hydrogen) atoms. The molecule has 0 fully saturated rings. The molecule has 0 aromatic heterocycles. The van der Waals surface area contributed by atoms with Gasteiger partial charge in [-0.15, -0.1) is 0 Å². The van der Waals surface area contributed by atoms with E-state index >= 15 is 0 Å². The van der Waals surface area contributed by atoms with Crippen LogP contribution in [0.15, 0.2) is 24.3 Å². The monoisotopic (exact) mass is 166 g/mol. The fourth-order valence-electron chi connectivity index (χ4n) is 0.878. The molecule has 3 nitrogen and oxygen atoms in total. The zero-order valence-electron chi connectivity index (χ0n) is 7.15. The standard InChI is InChI=1S/C8H11BO3/c1-7-3-5-8(6-4-7)9(10)12-11-2/h3-6,10H,1-2H3. The molecule has 0 aliphatic carbocycles. The first kappa shape index (κ1) is 9.25. The predicted molar refractivity (Wildman–Crippen MR) is 46.9 cm³/mol. The Balaban J connectivity index is 2.68. The van der Waals surface area contributed by atoms with Crippen LogP contribution >= 0.6 is 0 Å². The van der Waals surface area contributed by atoms with Crippen molar-refractivity contribution in [2.45, 2.75) is 6.92 Å². The van der Waals surface area contributed by atoms with E-state index in [-0.39, 0.29) is 0 Å². The number of aryl methyl sites for hydroxylation is 1. The van der Waals surface area contributed by atoms with Crippen LogP contribution in [-0.2, 0) is 9.69 Å². The average molecular weight is 166 g/mol. The summed E-state index contributed by atoms with van der Waals surface area (Å²) in [7, 11) is 0.354. The zero-order valence-corrected chi connectivity index (χ0v) is 7.15. The minimum Gasteiger partial charge on any atom is -0.422 e. The van der Waals surface area contributed by atoms with E-state index in [1.807, 2.05) is 19.1 Å². The van der Waals surface area contributed by atoms with Crippen molar-refractivity contribution in [2.75, 3.05) is 7.11 Å². The summed E-state index contributed by atoms with van der Waals surface area (Å²) in [6.45, 7) is 1.98. The van der Waals surface area contributed by atoms with Gasteiger partial charge in [0.15, 0.2) is 0 Å². The van der Waals surface area contributed by atoms with Gasteiger partial charge in [0.25, 0.3) is 0 Å². The zero-order chi connectivity index (χ0) is 8.97. The third-order valence-corrected chi connectivity index (χ3v) is 1.55. The van der Waals surface area contributed by atoms with Gasteiger partial charge in [0, 0.05) is 0 Å². The molecule has 1 aromatic rings. The highest BCUT2D eigenvalue weighted by atomic mass is 17.2. The molecule has 0 amide bonds. The Hall–Kier alpha value is -0.835. The van der Waals surface area contributed by atoms with Crippen molar-refractivity contribution in [1.29, 1.82) is 0 Å². The molecule has 0 unspecified atom stereocenters. The molecular weight excluding hydrogens is 155 g/mol. The lowest BCUT2D eigenvalue weighted by molar-refractivity contribution is -0.193. The van der Waals surface area contributed by atoms with E-state index in [4.69, 9.17) is 0 Å². The fraction of sp³-hybridized carbons (Fsp3) is 0.250. The molecule has 1 rings (SSSR count). The molecule has 1 N–H and O–H groups in total. The van der Waals surface area contributed by atoms with Crippen molar-refractivity contribution in [3.63, 3.8) is 0 Å². The Morgan fingerprint density at radius 3 is 2.33 bits per heavy atom. The Morgan fingerprint density at radius 1 is 1.25 bits per heavy atom. The van der Waals surface area contributed by atoms with Crippen molar-refractivity contribution in [3.05, 3.63) is 29.8 Å². The molecule has 0 aliphatic heterocycles. The Morgan fingerprint density at radius 2 is 1.83 bits per heavy atom. The average Bonchev–Trinajstić information content (AvgIpc) is 2.06. The summed E-state index contributed by atoms with van der Waals surface area (Å²) in [5.41, 5.74) is 1.82. The highest BCUT2D eigenvalue weighted by molar-refractivity contribution is 6.59. The van der Waals surface area contributed by atoms with E-state index in [9.17, 15) is 5.02 Å². The van der Waals surface area contributed by atoms with E-state index in [1.54, 1.807) is 12.1 Å². The summed E-state index contributed by atoms with van der Waals surface area (Å²) in [6.07, 6.45) is 0. The second kappa shape index (κ2) is 4.26. The molecule has 0 radical (unpaired) electrons. The largest absolute Gasteiger partial charge is 0.522 e. The van der Waals surface area contributed by atoms with E-state index < -0.39 is 7.12 Å². The third kappa shape index (κ3) is 2.34. The van der Waals surface area contributed by atoms with Gasteiger partial charge < -0.3 is 5.02 Å². The lowest BCUT2D eigenvalue weighted by atomic mass is 9.80. The van der Waals surface area contributed by atoms with Gasteiger partial charge in [-0.1, -0.05) is 29.8 Å². The summed E-state index contributed by atoms with van der Waals surface area (Å²) in [5, 5.41) is 9.26. The SMILES string of the molecule is COOB(O)c1ccc(C)cc1. The Kier molecular flexibility index (Phi) is 3.28. The second-order valence-corrected chi connectivity index (χ2v) is 2.53. The summed E-state index contributed by atoms with van der Waals surface area (Å²) in [4.78, 5) is 8.86. The first-order valence-corrected chi connectivity index (χ1v) is 3.68. The van der Waals surface area contributed by atoms with Gasteiger partial charge in [-0.05, 0) is 12.4 Å². The first-order valence-electron chi connectivity index (χ1n) is 3.68. The minimum absolute atomic E-state index is 0.683. The smallest absolute Gasteiger partial charge is 0.422 e. The lowest BCUT2D eigenvalue weighted by Crippen LogP contribution is -2.33. The number of hydrogen-bond acceptors (Lipinski definition) is 3. The fourth-order valence-corrected chi connectivity index (χ4v) is 0.878. The molecule has 0 heterocycles. The second-order valence-electron chi connectivity index (χ2n) is 2.53. The van der Waals surface area contributed by atoms with Crippen LogP contribution in [0.3, 0.4) is 0 Å². The van der Waals surface area contributed by atoms with Gasteiger partial charge >= 0.3 is 7.12 Å². The normalized spacial score (nSPS) is 9.92. The van der Waals surface area contributed by atoms with Crippen molar-refractivity contribution < 1.29 is 14.7 Å². The first-order chi connectivity index (χ1) is 5.74. The van der Waals surface area contributed by atoms with E-state index in [2.05, 4.69) is 9.69 Å². The van der Waals surface area contributed by atoms with Gasteiger partial charge in [-0.2, -0.15) is 0 Å². The van der Waals surface area contributed by atoms with E-state index in [1.165, 1.54) is 7.11 Å². The lowest BCUT2D eigenvalue weighted by Gasteiger charge is -2.04. The van der Waals surface area contributed by atoms with Crippen LogP contribution in [0.2, 0.25) is 0 Å². The predicted octanol–water partition coefficient (Wildman–Crippen LogP) is 0.261. The number of rotatable bonds is 3. The molecule has 1 aromatic carbocycles. The van der Waals surface area contributed by atoms with Crippen molar-refractivity contribution in [1.82, 2.24) is 0 Å². The van der Waals surface area contributed by atoms with Gasteiger partial charge in [0.2, 0.25) is 0 Å². The summed E-state index contributed by atoms with van der Waals surface area (Å²) >= 11 is 0. The third-order valence-electron chi connectivity index (χ3n) is 1.55. The molecule has 64 valence electrons. The van der Waals surface area contributed by atoms with Crippen LogP contribution in [0.25, 0.3) is 0 Å². The van der Waals surface area contributed by atoms with E-state index in [0.29, 0.717) is 5.46 Å². The van der Waals surface area contributed by atoms with Crippen LogP contribution in [-0.4, -0.2) is 19.3 Å². The minimum atomic E-state index is -1.00. The van der Waals surface area contributed by atoms with Gasteiger partial charge in [-0.25, -0.2) is 0 Å². The molecule has 4 heteroatoms. The van der Waals surface area contributed by atoms with Crippen LogP contribution in [0, 0.1) is 6.92 Å².